The van der Waals surface area contributed by atoms with Crippen molar-refractivity contribution in [3.8, 4) is 10.6 Å². The standard InChI is InChI=1S/C9H7ClN4S2/c10-6-3-1-5(2-4-6)7-13-14-9(16-7)12-8(11)15/h1-4H,(H3,11,12,14,15). The number of nitrogens with one attached hydrogen (secondary N) is 1. The Morgan fingerprint density at radius 3 is 2.62 bits per heavy atom. The van der Waals surface area contributed by atoms with Gasteiger partial charge in [-0.1, -0.05) is 35.1 Å². The van der Waals surface area contributed by atoms with Gasteiger partial charge in [0.1, 0.15) is 5.01 Å². The van der Waals surface area contributed by atoms with E-state index in [2.05, 4.69) is 15.5 Å². The smallest absolute Gasteiger partial charge is 0.212 e. The molecule has 1 aromatic carbocycles. The SMILES string of the molecule is NC(=S)Nc1nnc(-c2ccc(Cl)cc2)s1. The zero-order valence-corrected chi connectivity index (χ0v) is 10.4. The van der Waals surface area contributed by atoms with Crippen molar-refractivity contribution in [3.05, 3.63) is 29.3 Å². The Bertz CT molecular complexity index is 508. The summed E-state index contributed by atoms with van der Waals surface area (Å²) in [4.78, 5) is 0. The van der Waals surface area contributed by atoms with Gasteiger partial charge in [0.05, 0.1) is 0 Å². The predicted molar refractivity (Wildman–Crippen MR) is 70.8 cm³/mol. The summed E-state index contributed by atoms with van der Waals surface area (Å²) >= 11 is 11.9. The molecule has 0 aliphatic rings. The molecule has 0 bridgehead atoms. The van der Waals surface area contributed by atoms with E-state index in [4.69, 9.17) is 29.6 Å². The Balaban J connectivity index is 2.24. The van der Waals surface area contributed by atoms with Gasteiger partial charge in [0.2, 0.25) is 5.13 Å². The second-order valence-electron chi connectivity index (χ2n) is 2.91. The minimum absolute atomic E-state index is 0.179. The van der Waals surface area contributed by atoms with Crippen LogP contribution in [0, 0.1) is 0 Å². The maximum atomic E-state index is 5.79. The molecule has 4 nitrogen and oxygen atoms in total. The van der Waals surface area contributed by atoms with Crippen molar-refractivity contribution in [1.82, 2.24) is 10.2 Å². The highest BCUT2D eigenvalue weighted by molar-refractivity contribution is 7.80. The Morgan fingerprint density at radius 1 is 1.31 bits per heavy atom. The van der Waals surface area contributed by atoms with Crippen molar-refractivity contribution in [3.63, 3.8) is 0 Å². The average molecular weight is 271 g/mol. The van der Waals surface area contributed by atoms with Crippen LogP contribution < -0.4 is 11.1 Å². The zero-order valence-electron chi connectivity index (χ0n) is 7.98. The van der Waals surface area contributed by atoms with E-state index in [0.29, 0.717) is 10.2 Å². The molecule has 0 saturated heterocycles. The number of halogens is 1. The van der Waals surface area contributed by atoms with Crippen LogP contribution in [0.2, 0.25) is 5.02 Å². The van der Waals surface area contributed by atoms with Crippen LogP contribution in [-0.2, 0) is 0 Å². The summed E-state index contributed by atoms with van der Waals surface area (Å²) in [6, 6.07) is 7.37. The lowest BCUT2D eigenvalue weighted by atomic mass is 10.2. The van der Waals surface area contributed by atoms with E-state index in [1.807, 2.05) is 12.1 Å². The van der Waals surface area contributed by atoms with Crippen molar-refractivity contribution >= 4 is 45.4 Å². The fourth-order valence-corrected chi connectivity index (χ4v) is 2.14. The number of hydrogen-bond acceptors (Lipinski definition) is 4. The van der Waals surface area contributed by atoms with Crippen LogP contribution in [0.25, 0.3) is 10.6 Å². The van der Waals surface area contributed by atoms with Gasteiger partial charge in [-0.25, -0.2) is 0 Å². The summed E-state index contributed by atoms with van der Waals surface area (Å²) < 4.78 is 0. The fourth-order valence-electron chi connectivity index (χ4n) is 1.09. The Kier molecular flexibility index (Phi) is 3.33. The summed E-state index contributed by atoms with van der Waals surface area (Å²) in [5.41, 5.74) is 6.29. The van der Waals surface area contributed by atoms with Crippen LogP contribution in [0.15, 0.2) is 24.3 Å². The van der Waals surface area contributed by atoms with Gasteiger partial charge in [-0.05, 0) is 24.4 Å². The van der Waals surface area contributed by atoms with Crippen molar-refractivity contribution in [2.45, 2.75) is 0 Å². The maximum absolute atomic E-state index is 5.79. The molecule has 0 saturated carbocycles. The molecule has 0 amide bonds. The first-order chi connectivity index (χ1) is 7.65. The number of rotatable bonds is 2. The van der Waals surface area contributed by atoms with E-state index in [1.54, 1.807) is 12.1 Å². The Labute approximate surface area is 106 Å². The van der Waals surface area contributed by atoms with E-state index in [9.17, 15) is 0 Å². The van der Waals surface area contributed by atoms with Gasteiger partial charge >= 0.3 is 0 Å². The second-order valence-corrected chi connectivity index (χ2v) is 4.76. The minimum Gasteiger partial charge on any atom is -0.376 e. The first kappa shape index (κ1) is 11.3. The Hall–Kier alpha value is -1.24. The predicted octanol–water partition coefficient (Wildman–Crippen LogP) is 2.51. The highest BCUT2D eigenvalue weighted by Gasteiger charge is 2.06. The number of nitrogens with zero attached hydrogens (tertiary/aromatic N) is 2. The second kappa shape index (κ2) is 4.73. The number of anilines is 1. The molecule has 0 radical (unpaired) electrons. The number of aromatic nitrogens is 2. The molecule has 2 aromatic rings. The van der Waals surface area contributed by atoms with Gasteiger partial charge < -0.3 is 11.1 Å². The van der Waals surface area contributed by atoms with Crippen molar-refractivity contribution < 1.29 is 0 Å². The lowest BCUT2D eigenvalue weighted by Crippen LogP contribution is -2.18. The molecule has 2 rings (SSSR count). The number of thiocarbonyl (C=S) groups is 1. The summed E-state index contributed by atoms with van der Waals surface area (Å²) in [7, 11) is 0. The molecule has 0 aliphatic heterocycles. The minimum atomic E-state index is 0.179. The summed E-state index contributed by atoms with van der Waals surface area (Å²) in [5.74, 6) is 0. The molecule has 16 heavy (non-hydrogen) atoms. The van der Waals surface area contributed by atoms with Crippen LogP contribution in [0.3, 0.4) is 0 Å². The van der Waals surface area contributed by atoms with Crippen LogP contribution in [0.4, 0.5) is 5.13 Å². The van der Waals surface area contributed by atoms with E-state index in [0.717, 1.165) is 10.6 Å². The van der Waals surface area contributed by atoms with Crippen molar-refractivity contribution in [2.75, 3.05) is 5.32 Å². The number of hydrogen-bond donors (Lipinski definition) is 2. The first-order valence-electron chi connectivity index (χ1n) is 4.31. The van der Waals surface area contributed by atoms with Crippen LogP contribution in [0.5, 0.6) is 0 Å². The third-order valence-electron chi connectivity index (χ3n) is 1.75. The van der Waals surface area contributed by atoms with Crippen LogP contribution >= 0.6 is 35.2 Å². The molecule has 3 N–H and O–H groups in total. The molecule has 1 heterocycles. The molecule has 0 fully saturated rings. The van der Waals surface area contributed by atoms with Crippen LogP contribution in [-0.4, -0.2) is 15.3 Å². The third kappa shape index (κ3) is 2.66. The lowest BCUT2D eigenvalue weighted by molar-refractivity contribution is 1.10. The van der Waals surface area contributed by atoms with Gasteiger partial charge in [-0.15, -0.1) is 10.2 Å². The van der Waals surface area contributed by atoms with E-state index in [1.165, 1.54) is 11.3 Å². The number of benzene rings is 1. The Morgan fingerprint density at radius 2 is 2.00 bits per heavy atom. The van der Waals surface area contributed by atoms with Crippen molar-refractivity contribution in [1.29, 1.82) is 0 Å². The lowest BCUT2D eigenvalue weighted by Gasteiger charge is -1.95. The highest BCUT2D eigenvalue weighted by Crippen LogP contribution is 2.26. The van der Waals surface area contributed by atoms with Gasteiger partial charge in [-0.2, -0.15) is 0 Å². The highest BCUT2D eigenvalue weighted by atomic mass is 35.5. The van der Waals surface area contributed by atoms with Gasteiger partial charge in [-0.3, -0.25) is 0 Å². The fraction of sp³-hybridized carbons (Fsp3) is 0. The molecular formula is C9H7ClN4S2. The zero-order chi connectivity index (χ0) is 11.5. The first-order valence-corrected chi connectivity index (χ1v) is 5.91. The molecule has 0 atom stereocenters. The molecule has 1 aromatic heterocycles. The number of nitrogens with two attached hydrogens (primary N) is 1. The monoisotopic (exact) mass is 270 g/mol. The maximum Gasteiger partial charge on any atom is 0.212 e. The summed E-state index contributed by atoms with van der Waals surface area (Å²) in [6.45, 7) is 0. The molecule has 0 spiro atoms. The van der Waals surface area contributed by atoms with Gasteiger partial charge in [0.25, 0.3) is 0 Å². The molecule has 0 unspecified atom stereocenters. The topological polar surface area (TPSA) is 63.8 Å². The van der Waals surface area contributed by atoms with E-state index >= 15 is 0 Å². The quantitative estimate of drug-likeness (QED) is 0.821. The van der Waals surface area contributed by atoms with E-state index in [-0.39, 0.29) is 5.11 Å². The summed E-state index contributed by atoms with van der Waals surface area (Å²) in [6.07, 6.45) is 0. The molecular weight excluding hydrogens is 264 g/mol. The molecule has 7 heteroatoms. The molecule has 82 valence electrons. The largest absolute Gasteiger partial charge is 0.376 e. The average Bonchev–Trinajstić information content (AvgIpc) is 2.66. The third-order valence-corrected chi connectivity index (χ3v) is 2.99. The normalized spacial score (nSPS) is 10.1. The van der Waals surface area contributed by atoms with E-state index < -0.39 is 0 Å². The van der Waals surface area contributed by atoms with Crippen LogP contribution in [0.1, 0.15) is 0 Å². The van der Waals surface area contributed by atoms with Crippen molar-refractivity contribution in [2.24, 2.45) is 5.73 Å². The molecule has 0 aliphatic carbocycles. The van der Waals surface area contributed by atoms with Gasteiger partial charge in [0, 0.05) is 10.6 Å². The summed E-state index contributed by atoms with van der Waals surface area (Å²) in [5, 5.41) is 12.9. The van der Waals surface area contributed by atoms with Gasteiger partial charge in [0.15, 0.2) is 5.11 Å².